The van der Waals surface area contributed by atoms with Gasteiger partial charge in [0.05, 0.1) is 6.07 Å². The Morgan fingerprint density at radius 1 is 1.28 bits per heavy atom. The Morgan fingerprint density at radius 2 is 1.94 bits per heavy atom. The average Bonchev–Trinajstić information content (AvgIpc) is 2.36. The van der Waals surface area contributed by atoms with Crippen molar-refractivity contribution < 1.29 is 9.59 Å². The van der Waals surface area contributed by atoms with Crippen LogP contribution < -0.4 is 10.6 Å². The molecule has 0 aromatic carbocycles. The van der Waals surface area contributed by atoms with E-state index in [2.05, 4.69) is 15.5 Å². The van der Waals surface area contributed by atoms with Gasteiger partial charge < -0.3 is 15.5 Å². The number of hydrogen-bond acceptors (Lipinski definition) is 4. The molecule has 2 amide bonds. The number of carbonyl (C=O) groups excluding carboxylic acids is 2. The van der Waals surface area contributed by atoms with Gasteiger partial charge in [0.25, 0.3) is 0 Å². The second kappa shape index (κ2) is 7.67. The van der Waals surface area contributed by atoms with Gasteiger partial charge in [0.2, 0.25) is 0 Å². The first-order valence-electron chi connectivity index (χ1n) is 6.31. The summed E-state index contributed by atoms with van der Waals surface area (Å²) in [6.45, 7) is 4.61. The minimum atomic E-state index is -0.748. The minimum Gasteiger partial charge on any atom is -0.344 e. The van der Waals surface area contributed by atoms with Crippen molar-refractivity contribution in [1.82, 2.24) is 15.5 Å². The largest absolute Gasteiger partial charge is 0.344 e. The Balaban J connectivity index is 2.26. The Hall–Kier alpha value is -1.61. The quantitative estimate of drug-likeness (QED) is 0.527. The van der Waals surface area contributed by atoms with Crippen LogP contribution in [0.25, 0.3) is 0 Å². The van der Waals surface area contributed by atoms with Gasteiger partial charge in [-0.25, -0.2) is 0 Å². The van der Waals surface area contributed by atoms with Crippen LogP contribution in [0.4, 0.5) is 0 Å². The number of nitrogens with one attached hydrogen (secondary N) is 2. The lowest BCUT2D eigenvalue weighted by atomic mass is 10.1. The van der Waals surface area contributed by atoms with Crippen molar-refractivity contribution in [2.45, 2.75) is 32.2 Å². The molecule has 0 aliphatic carbocycles. The summed E-state index contributed by atoms with van der Waals surface area (Å²) in [4.78, 5) is 25.0. The molecule has 0 aromatic rings. The SMILES string of the molecule is CC(CN1CCCCC1)NC(=O)C(=O)NCC#N. The van der Waals surface area contributed by atoms with Crippen LogP contribution in [0.2, 0.25) is 0 Å². The van der Waals surface area contributed by atoms with E-state index in [0.29, 0.717) is 0 Å². The van der Waals surface area contributed by atoms with E-state index in [1.54, 1.807) is 6.07 Å². The van der Waals surface area contributed by atoms with E-state index in [-0.39, 0.29) is 12.6 Å². The molecular weight excluding hydrogens is 232 g/mol. The molecule has 100 valence electrons. The molecule has 1 unspecified atom stereocenters. The Kier molecular flexibility index (Phi) is 6.15. The van der Waals surface area contributed by atoms with Crippen LogP contribution in [-0.4, -0.2) is 48.9 Å². The summed E-state index contributed by atoms with van der Waals surface area (Å²) >= 11 is 0. The fraction of sp³-hybridized carbons (Fsp3) is 0.750. The van der Waals surface area contributed by atoms with Crippen molar-refractivity contribution in [1.29, 1.82) is 5.26 Å². The molecule has 1 heterocycles. The van der Waals surface area contributed by atoms with Gasteiger partial charge in [0.1, 0.15) is 6.54 Å². The third kappa shape index (κ3) is 5.15. The molecule has 6 nitrogen and oxygen atoms in total. The van der Waals surface area contributed by atoms with Crippen molar-refractivity contribution in [3.05, 3.63) is 0 Å². The van der Waals surface area contributed by atoms with Gasteiger partial charge in [-0.3, -0.25) is 9.59 Å². The molecule has 1 aliphatic rings. The molecule has 0 radical (unpaired) electrons. The molecule has 0 aromatic heterocycles. The molecule has 6 heteroatoms. The molecule has 2 N–H and O–H groups in total. The van der Waals surface area contributed by atoms with Crippen molar-refractivity contribution in [2.75, 3.05) is 26.2 Å². The van der Waals surface area contributed by atoms with Gasteiger partial charge in [0.15, 0.2) is 0 Å². The minimum absolute atomic E-state index is 0.0663. The molecule has 1 aliphatic heterocycles. The second-order valence-corrected chi connectivity index (χ2v) is 4.58. The topological polar surface area (TPSA) is 85.2 Å². The van der Waals surface area contributed by atoms with E-state index in [4.69, 9.17) is 5.26 Å². The normalized spacial score (nSPS) is 17.6. The molecule has 0 spiro atoms. The Morgan fingerprint density at radius 3 is 2.56 bits per heavy atom. The van der Waals surface area contributed by atoms with Crippen LogP contribution in [0.3, 0.4) is 0 Å². The molecule has 1 rings (SSSR count). The van der Waals surface area contributed by atoms with Gasteiger partial charge in [-0.2, -0.15) is 5.26 Å². The molecular formula is C12H20N4O2. The molecule has 1 saturated heterocycles. The first kappa shape index (κ1) is 14.5. The van der Waals surface area contributed by atoms with Crippen molar-refractivity contribution in [3.63, 3.8) is 0 Å². The molecule has 0 bridgehead atoms. The van der Waals surface area contributed by atoms with Crippen molar-refractivity contribution in [3.8, 4) is 6.07 Å². The van der Waals surface area contributed by atoms with Crippen LogP contribution >= 0.6 is 0 Å². The van der Waals surface area contributed by atoms with Gasteiger partial charge in [-0.1, -0.05) is 6.42 Å². The van der Waals surface area contributed by atoms with E-state index >= 15 is 0 Å². The van der Waals surface area contributed by atoms with E-state index < -0.39 is 11.8 Å². The highest BCUT2D eigenvalue weighted by Gasteiger charge is 2.18. The summed E-state index contributed by atoms with van der Waals surface area (Å²) in [5, 5.41) is 13.1. The monoisotopic (exact) mass is 252 g/mol. The highest BCUT2D eigenvalue weighted by Crippen LogP contribution is 2.08. The summed E-state index contributed by atoms with van der Waals surface area (Å²) in [7, 11) is 0. The van der Waals surface area contributed by atoms with E-state index in [9.17, 15) is 9.59 Å². The zero-order valence-electron chi connectivity index (χ0n) is 10.7. The Bertz CT molecular complexity index is 331. The maximum atomic E-state index is 11.4. The number of amides is 2. The smallest absolute Gasteiger partial charge is 0.310 e. The first-order chi connectivity index (χ1) is 8.63. The first-order valence-corrected chi connectivity index (χ1v) is 6.31. The van der Waals surface area contributed by atoms with E-state index in [1.165, 1.54) is 19.3 Å². The lowest BCUT2D eigenvalue weighted by Crippen LogP contribution is -2.48. The molecule has 1 atom stereocenters. The van der Waals surface area contributed by atoms with E-state index in [1.807, 2.05) is 6.92 Å². The van der Waals surface area contributed by atoms with Crippen LogP contribution in [0, 0.1) is 11.3 Å². The lowest BCUT2D eigenvalue weighted by molar-refractivity contribution is -0.139. The van der Waals surface area contributed by atoms with Crippen LogP contribution in [0.15, 0.2) is 0 Å². The Labute approximate surface area is 107 Å². The zero-order valence-corrected chi connectivity index (χ0v) is 10.7. The second-order valence-electron chi connectivity index (χ2n) is 4.58. The van der Waals surface area contributed by atoms with E-state index in [0.717, 1.165) is 19.6 Å². The highest BCUT2D eigenvalue weighted by atomic mass is 16.2. The predicted octanol–water partition coefficient (Wildman–Crippen LogP) is -0.383. The highest BCUT2D eigenvalue weighted by molar-refractivity contribution is 6.35. The summed E-state index contributed by atoms with van der Waals surface area (Å²) in [6, 6.07) is 1.69. The van der Waals surface area contributed by atoms with Crippen molar-refractivity contribution >= 4 is 11.8 Å². The lowest BCUT2D eigenvalue weighted by Gasteiger charge is -2.29. The van der Waals surface area contributed by atoms with Gasteiger partial charge in [-0.05, 0) is 32.9 Å². The van der Waals surface area contributed by atoms with Crippen LogP contribution in [0.1, 0.15) is 26.2 Å². The summed E-state index contributed by atoms with van der Waals surface area (Å²) in [5.41, 5.74) is 0. The summed E-state index contributed by atoms with van der Waals surface area (Å²) < 4.78 is 0. The maximum Gasteiger partial charge on any atom is 0.310 e. The molecule has 1 fully saturated rings. The number of rotatable bonds is 4. The average molecular weight is 252 g/mol. The van der Waals surface area contributed by atoms with Gasteiger partial charge in [-0.15, -0.1) is 0 Å². The fourth-order valence-electron chi connectivity index (χ4n) is 2.06. The molecule has 18 heavy (non-hydrogen) atoms. The van der Waals surface area contributed by atoms with Gasteiger partial charge >= 0.3 is 11.8 Å². The third-order valence-corrected chi connectivity index (χ3v) is 2.89. The zero-order chi connectivity index (χ0) is 13.4. The summed E-state index contributed by atoms with van der Waals surface area (Å²) in [5.74, 6) is -1.42. The number of hydrogen-bond donors (Lipinski definition) is 2. The number of nitrogens with zero attached hydrogens (tertiary/aromatic N) is 2. The third-order valence-electron chi connectivity index (χ3n) is 2.89. The number of likely N-dealkylation sites (tertiary alicyclic amines) is 1. The fourth-order valence-corrected chi connectivity index (χ4v) is 2.06. The maximum absolute atomic E-state index is 11.4. The number of piperidine rings is 1. The standard InChI is InChI=1S/C12H20N4O2/c1-10(9-16-7-3-2-4-8-16)15-12(18)11(17)14-6-5-13/h10H,2-4,6-9H2,1H3,(H,14,17)(H,15,18). The van der Waals surface area contributed by atoms with Gasteiger partial charge in [0, 0.05) is 12.6 Å². The predicted molar refractivity (Wildman–Crippen MR) is 66.5 cm³/mol. The van der Waals surface area contributed by atoms with Crippen LogP contribution in [0.5, 0.6) is 0 Å². The molecule has 0 saturated carbocycles. The number of nitriles is 1. The summed E-state index contributed by atoms with van der Waals surface area (Å²) in [6.07, 6.45) is 3.67. The number of carbonyl (C=O) groups is 2. The van der Waals surface area contributed by atoms with Crippen molar-refractivity contribution in [2.24, 2.45) is 0 Å². The van der Waals surface area contributed by atoms with Crippen LogP contribution in [-0.2, 0) is 9.59 Å².